The zero-order valence-corrected chi connectivity index (χ0v) is 20.0. The van der Waals surface area contributed by atoms with E-state index in [-0.39, 0.29) is 36.4 Å². The fraction of sp³-hybridized carbons (Fsp3) is 0.464. The van der Waals surface area contributed by atoms with Crippen molar-refractivity contribution < 1.29 is 24.2 Å². The van der Waals surface area contributed by atoms with Gasteiger partial charge in [-0.05, 0) is 61.3 Å². The molecule has 0 aliphatic heterocycles. The molecule has 0 bridgehead atoms. The van der Waals surface area contributed by atoms with Gasteiger partial charge < -0.3 is 20.1 Å². The summed E-state index contributed by atoms with van der Waals surface area (Å²) in [6, 6.07) is 15.5. The second-order valence-electron chi connectivity index (χ2n) is 10.0. The number of alkyl carbamates (subject to hydrolysis) is 1. The lowest BCUT2D eigenvalue weighted by atomic mass is 9.84. The van der Waals surface area contributed by atoms with Crippen molar-refractivity contribution in [3.8, 4) is 11.1 Å². The number of benzene rings is 2. The van der Waals surface area contributed by atoms with Crippen LogP contribution >= 0.6 is 0 Å². The third-order valence-corrected chi connectivity index (χ3v) is 7.66. The van der Waals surface area contributed by atoms with E-state index in [0.29, 0.717) is 6.42 Å². The summed E-state index contributed by atoms with van der Waals surface area (Å²) in [6.07, 6.45) is 4.07. The summed E-state index contributed by atoms with van der Waals surface area (Å²) >= 11 is 0. The van der Waals surface area contributed by atoms with E-state index in [4.69, 9.17) is 4.74 Å². The predicted molar refractivity (Wildman–Crippen MR) is 131 cm³/mol. The number of hydrogen-bond acceptors (Lipinski definition) is 4. The van der Waals surface area contributed by atoms with Crippen LogP contribution in [0.2, 0.25) is 0 Å². The first kappa shape index (κ1) is 23.4. The second kappa shape index (κ2) is 9.72. The molecule has 3 atom stereocenters. The number of carbonyl (C=O) groups is 3. The number of nitrogens with zero attached hydrogens (tertiary/aromatic N) is 1. The number of hydrogen-bond donors (Lipinski definition) is 2. The van der Waals surface area contributed by atoms with Gasteiger partial charge in [0, 0.05) is 23.9 Å². The van der Waals surface area contributed by atoms with Crippen LogP contribution in [-0.4, -0.2) is 52.7 Å². The lowest BCUT2D eigenvalue weighted by Gasteiger charge is -2.34. The highest BCUT2D eigenvalue weighted by molar-refractivity contribution is 5.85. The Hall–Kier alpha value is -3.35. The van der Waals surface area contributed by atoms with Crippen LogP contribution in [0.5, 0.6) is 0 Å². The van der Waals surface area contributed by atoms with Crippen molar-refractivity contribution in [2.24, 2.45) is 5.92 Å². The first-order valence-corrected chi connectivity index (χ1v) is 12.6. The highest BCUT2D eigenvalue weighted by Gasteiger charge is 2.42. The third-order valence-electron chi connectivity index (χ3n) is 7.66. The standard InChI is InChI=1S/C28H32N2O5/c1-17(27(32)33)30(20-13-14-20)26(31)18-7-6-8-19(15-18)29-28(34)35-16-25-23-11-4-2-9-21(23)22-10-3-5-12-24(22)25/h2-5,9-12,17-20,25H,6-8,13-16H2,1H3,(H,29,34)(H,32,33)/t17?,18-,19+/m1/s1. The topological polar surface area (TPSA) is 95.9 Å². The van der Waals surface area contributed by atoms with Crippen LogP contribution in [-0.2, 0) is 14.3 Å². The van der Waals surface area contributed by atoms with Crippen molar-refractivity contribution in [3.63, 3.8) is 0 Å². The molecule has 0 saturated heterocycles. The quantitative estimate of drug-likeness (QED) is 0.611. The number of aliphatic carboxylic acids is 1. The summed E-state index contributed by atoms with van der Waals surface area (Å²) in [5.41, 5.74) is 4.69. The van der Waals surface area contributed by atoms with E-state index >= 15 is 0 Å². The minimum absolute atomic E-state index is 0.00145. The van der Waals surface area contributed by atoms with E-state index in [1.54, 1.807) is 11.8 Å². The van der Waals surface area contributed by atoms with Crippen molar-refractivity contribution in [2.75, 3.05) is 6.61 Å². The maximum absolute atomic E-state index is 13.2. The molecule has 2 saturated carbocycles. The molecule has 0 radical (unpaired) electrons. The summed E-state index contributed by atoms with van der Waals surface area (Å²) in [4.78, 5) is 39.0. The number of rotatable bonds is 7. The van der Waals surface area contributed by atoms with Gasteiger partial charge in [0.25, 0.3) is 0 Å². The molecule has 2 aromatic carbocycles. The van der Waals surface area contributed by atoms with Crippen molar-refractivity contribution >= 4 is 18.0 Å². The first-order valence-electron chi connectivity index (χ1n) is 12.6. The largest absolute Gasteiger partial charge is 0.480 e. The Kier molecular flexibility index (Phi) is 6.50. The number of carboxylic acids is 1. The number of carboxylic acid groups (broad SMARTS) is 1. The molecule has 1 unspecified atom stereocenters. The van der Waals surface area contributed by atoms with Crippen LogP contribution in [0.3, 0.4) is 0 Å². The van der Waals surface area contributed by atoms with Gasteiger partial charge in [0.05, 0.1) is 0 Å². The Labute approximate surface area is 205 Å². The van der Waals surface area contributed by atoms with Crippen molar-refractivity contribution in [2.45, 2.75) is 69.5 Å². The molecule has 184 valence electrons. The van der Waals surface area contributed by atoms with Gasteiger partial charge in [0.2, 0.25) is 5.91 Å². The van der Waals surface area contributed by atoms with Crippen LogP contribution in [0.15, 0.2) is 48.5 Å². The smallest absolute Gasteiger partial charge is 0.407 e. The van der Waals surface area contributed by atoms with E-state index in [1.165, 1.54) is 11.1 Å². The summed E-state index contributed by atoms with van der Waals surface area (Å²) in [7, 11) is 0. The van der Waals surface area contributed by atoms with Crippen LogP contribution in [0.1, 0.15) is 62.5 Å². The van der Waals surface area contributed by atoms with Gasteiger partial charge in [-0.3, -0.25) is 4.79 Å². The van der Waals surface area contributed by atoms with E-state index < -0.39 is 18.1 Å². The zero-order valence-electron chi connectivity index (χ0n) is 20.0. The van der Waals surface area contributed by atoms with Crippen molar-refractivity contribution in [1.29, 1.82) is 0 Å². The molecule has 2 N–H and O–H groups in total. The molecule has 3 aliphatic carbocycles. The SMILES string of the molecule is CC(C(=O)O)N(C(=O)[C@@H]1CCC[C@H](NC(=O)OCC2c3ccccc3-c3ccccc32)C1)C1CC1. The maximum Gasteiger partial charge on any atom is 0.407 e. The molecule has 2 aromatic rings. The molecule has 35 heavy (non-hydrogen) atoms. The molecule has 2 amide bonds. The van der Waals surface area contributed by atoms with Gasteiger partial charge in [-0.25, -0.2) is 9.59 Å². The highest BCUT2D eigenvalue weighted by Crippen LogP contribution is 2.44. The molecular formula is C28H32N2O5. The Morgan fingerprint density at radius 3 is 2.23 bits per heavy atom. The lowest BCUT2D eigenvalue weighted by molar-refractivity contribution is -0.152. The van der Waals surface area contributed by atoms with Gasteiger partial charge in [-0.1, -0.05) is 55.0 Å². The van der Waals surface area contributed by atoms with Gasteiger partial charge >= 0.3 is 12.1 Å². The van der Waals surface area contributed by atoms with Crippen LogP contribution < -0.4 is 5.32 Å². The summed E-state index contributed by atoms with van der Waals surface area (Å²) < 4.78 is 5.68. The van der Waals surface area contributed by atoms with Crippen LogP contribution in [0.25, 0.3) is 11.1 Å². The average Bonchev–Trinajstić information content (AvgIpc) is 3.65. The monoisotopic (exact) mass is 476 g/mol. The molecule has 3 aliphatic rings. The average molecular weight is 477 g/mol. The number of amides is 2. The Morgan fingerprint density at radius 2 is 1.63 bits per heavy atom. The van der Waals surface area contributed by atoms with Crippen molar-refractivity contribution in [3.05, 3.63) is 59.7 Å². The Morgan fingerprint density at radius 1 is 1.00 bits per heavy atom. The number of nitrogens with one attached hydrogen (secondary N) is 1. The molecule has 0 spiro atoms. The van der Waals surface area contributed by atoms with Gasteiger partial charge in [0.1, 0.15) is 12.6 Å². The number of fused-ring (bicyclic) bond motifs is 3. The predicted octanol–water partition coefficient (Wildman–Crippen LogP) is 4.55. The Bertz CT molecular complexity index is 1080. The van der Waals surface area contributed by atoms with Crippen LogP contribution in [0.4, 0.5) is 4.79 Å². The van der Waals surface area contributed by atoms with Gasteiger partial charge in [-0.15, -0.1) is 0 Å². The summed E-state index contributed by atoms with van der Waals surface area (Å²) in [6.45, 7) is 1.83. The minimum Gasteiger partial charge on any atom is -0.480 e. The molecule has 7 nitrogen and oxygen atoms in total. The van der Waals surface area contributed by atoms with Crippen LogP contribution in [0, 0.1) is 5.92 Å². The fourth-order valence-electron chi connectivity index (χ4n) is 5.72. The van der Waals surface area contributed by atoms with E-state index in [9.17, 15) is 19.5 Å². The molecule has 0 heterocycles. The summed E-state index contributed by atoms with van der Waals surface area (Å²) in [5.74, 6) is -1.35. The van der Waals surface area contributed by atoms with E-state index in [0.717, 1.165) is 43.2 Å². The number of carbonyl (C=O) groups excluding carboxylic acids is 2. The number of ether oxygens (including phenoxy) is 1. The Balaban J connectivity index is 1.19. The maximum atomic E-state index is 13.2. The molecular weight excluding hydrogens is 444 g/mol. The molecule has 5 rings (SSSR count). The molecule has 7 heteroatoms. The fourth-order valence-corrected chi connectivity index (χ4v) is 5.72. The molecule has 2 fully saturated rings. The van der Waals surface area contributed by atoms with E-state index in [1.807, 2.05) is 24.3 Å². The normalized spacial score (nSPS) is 22.0. The first-order chi connectivity index (χ1) is 16.9. The van der Waals surface area contributed by atoms with Crippen molar-refractivity contribution in [1.82, 2.24) is 10.2 Å². The second-order valence-corrected chi connectivity index (χ2v) is 10.0. The van der Waals surface area contributed by atoms with Gasteiger partial charge in [0.15, 0.2) is 0 Å². The minimum atomic E-state index is -0.977. The lowest BCUT2D eigenvalue weighted by Crippen LogP contribution is -2.49. The third kappa shape index (κ3) is 4.77. The highest BCUT2D eigenvalue weighted by atomic mass is 16.5. The summed E-state index contributed by atoms with van der Waals surface area (Å²) in [5, 5.41) is 12.4. The van der Waals surface area contributed by atoms with Gasteiger partial charge in [-0.2, -0.15) is 0 Å². The zero-order chi connectivity index (χ0) is 24.5. The van der Waals surface area contributed by atoms with E-state index in [2.05, 4.69) is 29.6 Å². The molecule has 0 aromatic heterocycles.